The van der Waals surface area contributed by atoms with Gasteiger partial charge in [-0.1, -0.05) is 29.8 Å². The van der Waals surface area contributed by atoms with E-state index in [4.69, 9.17) is 25.9 Å². The van der Waals surface area contributed by atoms with E-state index >= 15 is 0 Å². The molecular formula is C34H34ClF3N3O4+. The number of aromatic nitrogens is 1. The van der Waals surface area contributed by atoms with Crippen molar-refractivity contribution >= 4 is 23.4 Å². The summed E-state index contributed by atoms with van der Waals surface area (Å²) in [4.78, 5) is 23.5. The first-order valence-electron chi connectivity index (χ1n) is 14.7. The summed E-state index contributed by atoms with van der Waals surface area (Å²) in [5, 5.41) is 3.21. The first kappa shape index (κ1) is 32.3. The third kappa shape index (κ3) is 8.75. The van der Waals surface area contributed by atoms with Crippen LogP contribution < -0.4 is 10.1 Å². The molecule has 1 aromatic heterocycles. The molecular weight excluding hydrogens is 607 g/mol. The molecule has 0 saturated carbocycles. The van der Waals surface area contributed by atoms with Crippen LogP contribution in [-0.2, 0) is 22.3 Å². The fourth-order valence-electron chi connectivity index (χ4n) is 5.59. The van der Waals surface area contributed by atoms with E-state index < -0.39 is 23.9 Å². The number of benzene rings is 3. The molecule has 1 unspecified atom stereocenters. The van der Waals surface area contributed by atoms with Crippen LogP contribution in [0.4, 0.5) is 23.7 Å². The Kier molecular flexibility index (Phi) is 10.3. The Hall–Kier alpha value is -4.12. The average molecular weight is 641 g/mol. The third-order valence-electron chi connectivity index (χ3n) is 7.79. The van der Waals surface area contributed by atoms with Gasteiger partial charge in [0.05, 0.1) is 5.56 Å². The Bertz CT molecular complexity index is 1530. The van der Waals surface area contributed by atoms with Crippen LogP contribution >= 0.6 is 11.6 Å². The molecule has 1 saturated heterocycles. The van der Waals surface area contributed by atoms with Gasteiger partial charge in [-0.25, -0.2) is 14.6 Å². The average Bonchev–Trinajstić information content (AvgIpc) is 3.03. The predicted molar refractivity (Wildman–Crippen MR) is 165 cm³/mol. The normalized spacial score (nSPS) is 19.0. The van der Waals surface area contributed by atoms with Gasteiger partial charge in [-0.3, -0.25) is 5.32 Å². The smallest absolute Gasteiger partial charge is 0.416 e. The van der Waals surface area contributed by atoms with Gasteiger partial charge in [0, 0.05) is 47.3 Å². The second-order valence-corrected chi connectivity index (χ2v) is 11.3. The van der Waals surface area contributed by atoms with Crippen molar-refractivity contribution in [3.05, 3.63) is 119 Å². The molecule has 11 heteroatoms. The monoisotopic (exact) mass is 640 g/mol. The van der Waals surface area contributed by atoms with E-state index in [0.717, 1.165) is 17.7 Å². The van der Waals surface area contributed by atoms with E-state index in [2.05, 4.69) is 10.3 Å². The van der Waals surface area contributed by atoms with Crippen LogP contribution in [0.25, 0.3) is 0 Å². The quantitative estimate of drug-likeness (QED) is 0.175. The molecule has 0 aliphatic carbocycles. The zero-order valence-corrected chi connectivity index (χ0v) is 25.4. The number of nitrogens with one attached hydrogen (secondary N) is 1. The van der Waals surface area contributed by atoms with E-state index in [9.17, 15) is 18.0 Å². The highest BCUT2D eigenvalue weighted by Gasteiger charge is 2.41. The molecule has 1 amide bonds. The lowest BCUT2D eigenvalue weighted by Gasteiger charge is -2.42. The molecule has 1 aliphatic rings. The van der Waals surface area contributed by atoms with Gasteiger partial charge < -0.3 is 9.47 Å². The van der Waals surface area contributed by atoms with Crippen LogP contribution in [0.2, 0.25) is 5.02 Å². The lowest BCUT2D eigenvalue weighted by Crippen LogP contribution is -2.53. The minimum atomic E-state index is -4.47. The highest BCUT2D eigenvalue weighted by atomic mass is 35.5. The van der Waals surface area contributed by atoms with Crippen LogP contribution in [-0.4, -0.2) is 35.4 Å². The van der Waals surface area contributed by atoms with Gasteiger partial charge in [0.2, 0.25) is 5.88 Å². The molecule has 7 nitrogen and oxygen atoms in total. The van der Waals surface area contributed by atoms with Gasteiger partial charge in [-0.15, -0.1) is 0 Å². The van der Waals surface area contributed by atoms with Crippen molar-refractivity contribution in [3.63, 3.8) is 0 Å². The molecule has 1 N–H and O–H groups in total. The summed E-state index contributed by atoms with van der Waals surface area (Å²) in [6.07, 6.45) is -3.01. The number of alkyl halides is 3. The van der Waals surface area contributed by atoms with Gasteiger partial charge in [0.1, 0.15) is 38.1 Å². The summed E-state index contributed by atoms with van der Waals surface area (Å²) in [7, 11) is 0. The van der Waals surface area contributed by atoms with Crippen molar-refractivity contribution in [2.24, 2.45) is 5.92 Å². The molecule has 5 rings (SSSR count). The Morgan fingerprint density at radius 2 is 1.67 bits per heavy atom. The number of anilines is 1. The minimum absolute atomic E-state index is 0.140. The second-order valence-electron chi connectivity index (χ2n) is 10.9. The zero-order valence-electron chi connectivity index (χ0n) is 24.7. The Morgan fingerprint density at radius 3 is 2.27 bits per heavy atom. The number of pyridine rings is 1. The lowest BCUT2D eigenvalue weighted by atomic mass is 9.86. The number of rotatable bonds is 10. The maximum Gasteiger partial charge on any atom is 0.416 e. The fraction of sp³-hybridized carbons (Fsp3) is 0.294. The minimum Gasteiger partial charge on any atom is -0.441 e. The summed E-state index contributed by atoms with van der Waals surface area (Å²) in [6.45, 7) is 4.33. The Balaban J connectivity index is 1.29. The molecule has 2 heterocycles. The van der Waals surface area contributed by atoms with E-state index in [1.54, 1.807) is 36.5 Å². The van der Waals surface area contributed by atoms with Crippen molar-refractivity contribution < 1.29 is 36.9 Å². The number of halogens is 4. The molecule has 3 aromatic carbocycles. The molecule has 0 spiro atoms. The number of carbonyl (C=O) groups excluding carboxylic acids is 1. The summed E-state index contributed by atoms with van der Waals surface area (Å²) in [5.74, 6) is 1.04. The number of likely N-dealkylation sites (tertiary alicyclic amines) is 1. The van der Waals surface area contributed by atoms with Crippen molar-refractivity contribution in [1.82, 2.24) is 4.98 Å². The van der Waals surface area contributed by atoms with Crippen molar-refractivity contribution in [2.45, 2.75) is 38.6 Å². The van der Waals surface area contributed by atoms with E-state index in [0.29, 0.717) is 71.6 Å². The Labute approximate surface area is 265 Å². The number of amides is 1. The number of piperidine rings is 1. The number of ether oxygens (including phenoxy) is 2. The molecule has 0 bridgehead atoms. The van der Waals surface area contributed by atoms with E-state index in [-0.39, 0.29) is 5.92 Å². The number of hydrogen-bond donors (Lipinski definition) is 1. The topological polar surface area (TPSA) is 69.7 Å². The molecule has 1 aliphatic heterocycles. The summed E-state index contributed by atoms with van der Waals surface area (Å²) in [6, 6.07) is 24.6. The largest absolute Gasteiger partial charge is 0.441 e. The van der Waals surface area contributed by atoms with Gasteiger partial charge in [0.25, 0.3) is 0 Å². The summed E-state index contributed by atoms with van der Waals surface area (Å²) in [5.41, 5.74) is 1.29. The first-order valence-corrected chi connectivity index (χ1v) is 15.1. The lowest BCUT2D eigenvalue weighted by molar-refractivity contribution is -1.12. The van der Waals surface area contributed by atoms with Gasteiger partial charge in [-0.05, 0) is 79.2 Å². The van der Waals surface area contributed by atoms with Crippen LogP contribution in [0.1, 0.15) is 42.6 Å². The van der Waals surface area contributed by atoms with Crippen LogP contribution in [0.5, 0.6) is 11.6 Å². The highest BCUT2D eigenvalue weighted by Crippen LogP contribution is 2.39. The maximum atomic E-state index is 13.3. The fourth-order valence-corrected chi connectivity index (χ4v) is 5.71. The summed E-state index contributed by atoms with van der Waals surface area (Å²) >= 11 is 5.95. The molecule has 1 atom stereocenters. The molecule has 4 aromatic rings. The van der Waals surface area contributed by atoms with Crippen molar-refractivity contribution in [3.8, 4) is 11.6 Å². The van der Waals surface area contributed by atoms with Crippen LogP contribution in [0.3, 0.4) is 0 Å². The number of nitrogens with zero attached hydrogens (tertiary/aromatic N) is 2. The number of quaternary nitrogens is 1. The van der Waals surface area contributed by atoms with Gasteiger partial charge in [0.15, 0.2) is 0 Å². The standard InChI is InChI=1S/C34H33ClF3N3O4/c1-2-43-41(23-24-6-16-30(17-7-24)44-31-5-3-4-20-39-31)21-18-26(19-22-41)32(25-8-10-27(11-9-25)34(36,37)38)45-33(42)40-29-14-12-28(35)13-15-29/h3-17,20,26,32H,2,18-19,21-23H2,1H3/p+1. The first-order chi connectivity index (χ1) is 21.6. The predicted octanol–water partition coefficient (Wildman–Crippen LogP) is 9.21. The molecule has 45 heavy (non-hydrogen) atoms. The second kappa shape index (κ2) is 14.3. The Morgan fingerprint density at radius 1 is 0.978 bits per heavy atom. The third-order valence-corrected chi connectivity index (χ3v) is 8.04. The van der Waals surface area contributed by atoms with Gasteiger partial charge >= 0.3 is 12.3 Å². The van der Waals surface area contributed by atoms with E-state index in [1.165, 1.54) is 12.1 Å². The highest BCUT2D eigenvalue weighted by molar-refractivity contribution is 6.30. The van der Waals surface area contributed by atoms with Crippen LogP contribution in [0, 0.1) is 5.92 Å². The molecule has 0 radical (unpaired) electrons. The van der Waals surface area contributed by atoms with E-state index in [1.807, 2.05) is 43.3 Å². The zero-order chi connectivity index (χ0) is 31.9. The summed E-state index contributed by atoms with van der Waals surface area (Å²) < 4.78 is 52.0. The maximum absolute atomic E-state index is 13.3. The number of hydrogen-bond acceptors (Lipinski definition) is 5. The SMILES string of the molecule is CCO[N+]1(Cc2ccc(Oc3ccccn3)cc2)CCC(C(OC(=O)Nc2ccc(Cl)cc2)c2ccc(C(F)(F)F)cc2)CC1. The van der Waals surface area contributed by atoms with Crippen molar-refractivity contribution in [1.29, 1.82) is 0 Å². The van der Waals surface area contributed by atoms with Gasteiger partial charge in [-0.2, -0.15) is 17.8 Å². The molecule has 236 valence electrons. The van der Waals surface area contributed by atoms with Crippen molar-refractivity contribution in [2.75, 3.05) is 25.0 Å². The molecule has 1 fully saturated rings. The number of carbonyl (C=O) groups is 1. The van der Waals surface area contributed by atoms with Crippen LogP contribution in [0.15, 0.2) is 97.2 Å². The number of hydroxylamine groups is 3.